The number of benzene rings is 3. The van der Waals surface area contributed by atoms with Gasteiger partial charge in [-0.1, -0.05) is 71.9 Å². The molecule has 34 heavy (non-hydrogen) atoms. The topological polar surface area (TPSA) is 64.0 Å². The van der Waals surface area contributed by atoms with E-state index in [0.717, 1.165) is 29.7 Å². The number of nitrogens with zero attached hydrogens (tertiary/aromatic N) is 2. The second-order valence-electron chi connectivity index (χ2n) is 8.62. The number of amides is 1. The molecule has 4 aromatic rings. The molecule has 174 valence electrons. The molecule has 0 radical (unpaired) electrons. The quantitative estimate of drug-likeness (QED) is 0.282. The highest BCUT2D eigenvalue weighted by atomic mass is 32.2. The fourth-order valence-electron chi connectivity index (χ4n) is 4.02. The lowest BCUT2D eigenvalue weighted by Crippen LogP contribution is -2.34. The summed E-state index contributed by atoms with van der Waals surface area (Å²) in [6.45, 7) is 6.03. The molecular formula is C28H29N3O2S. The largest absolute Gasteiger partial charge is 0.353 e. The fourth-order valence-corrected chi connectivity index (χ4v) is 4.84. The Labute approximate surface area is 204 Å². The van der Waals surface area contributed by atoms with E-state index in [4.69, 9.17) is 4.98 Å². The number of thioether (sulfide) groups is 1. The van der Waals surface area contributed by atoms with Crippen molar-refractivity contribution in [2.24, 2.45) is 0 Å². The molecule has 1 amide bonds. The van der Waals surface area contributed by atoms with E-state index < -0.39 is 0 Å². The number of fused-ring (bicyclic) bond motifs is 1. The van der Waals surface area contributed by atoms with E-state index in [1.165, 1.54) is 17.3 Å². The number of hydrogen-bond acceptors (Lipinski definition) is 4. The van der Waals surface area contributed by atoms with Crippen molar-refractivity contribution in [3.05, 3.63) is 99.8 Å². The van der Waals surface area contributed by atoms with Crippen LogP contribution < -0.4 is 10.9 Å². The predicted octanol–water partition coefficient (Wildman–Crippen LogP) is 5.23. The summed E-state index contributed by atoms with van der Waals surface area (Å²) in [6.07, 6.45) is 1.77. The van der Waals surface area contributed by atoms with Gasteiger partial charge in [0.1, 0.15) is 0 Å². The van der Waals surface area contributed by atoms with Crippen molar-refractivity contribution in [3.8, 4) is 5.69 Å². The molecule has 4 rings (SSSR count). The molecule has 0 fully saturated rings. The standard InChI is InChI=1S/C28H29N3O2S/c1-19-13-16-25(20(2)17-19)31-27(33)23-11-7-8-12-24(23)30-28(31)34-18-26(32)29-21(3)14-15-22-9-5-4-6-10-22/h4-13,16-17,21H,14-15,18H2,1-3H3,(H,29,32). The van der Waals surface area contributed by atoms with Crippen molar-refractivity contribution in [3.63, 3.8) is 0 Å². The summed E-state index contributed by atoms with van der Waals surface area (Å²) in [5, 5.41) is 4.15. The van der Waals surface area contributed by atoms with Gasteiger partial charge in [-0.15, -0.1) is 0 Å². The van der Waals surface area contributed by atoms with Gasteiger partial charge in [0.25, 0.3) is 5.56 Å². The zero-order valence-electron chi connectivity index (χ0n) is 19.7. The number of aromatic nitrogens is 2. The maximum atomic E-state index is 13.4. The number of carbonyl (C=O) groups is 1. The molecule has 0 aliphatic carbocycles. The molecule has 1 atom stereocenters. The minimum atomic E-state index is -0.128. The number of para-hydroxylation sites is 1. The molecule has 3 aromatic carbocycles. The van der Waals surface area contributed by atoms with Crippen molar-refractivity contribution in [2.75, 3.05) is 5.75 Å². The first-order valence-electron chi connectivity index (χ1n) is 11.5. The summed E-state index contributed by atoms with van der Waals surface area (Å²) in [4.78, 5) is 30.9. The highest BCUT2D eigenvalue weighted by molar-refractivity contribution is 7.99. The van der Waals surface area contributed by atoms with Crippen LogP contribution in [0.1, 0.15) is 30.0 Å². The molecule has 1 unspecified atom stereocenters. The van der Waals surface area contributed by atoms with Gasteiger partial charge in [-0.2, -0.15) is 0 Å². The normalized spacial score (nSPS) is 12.0. The first-order valence-corrected chi connectivity index (χ1v) is 12.5. The zero-order chi connectivity index (χ0) is 24.1. The number of rotatable bonds is 8. The molecule has 0 saturated heterocycles. The number of nitrogens with one attached hydrogen (secondary N) is 1. The van der Waals surface area contributed by atoms with Gasteiger partial charge in [-0.3, -0.25) is 14.2 Å². The summed E-state index contributed by atoms with van der Waals surface area (Å²) in [6, 6.07) is 23.6. The second-order valence-corrected chi connectivity index (χ2v) is 9.57. The van der Waals surface area contributed by atoms with Crippen LogP contribution >= 0.6 is 11.8 Å². The minimum absolute atomic E-state index is 0.0550. The van der Waals surface area contributed by atoms with Crippen LogP contribution in [0.15, 0.2) is 82.7 Å². The van der Waals surface area contributed by atoms with E-state index in [2.05, 4.69) is 17.4 Å². The van der Waals surface area contributed by atoms with Crippen LogP contribution in [0.2, 0.25) is 0 Å². The van der Waals surface area contributed by atoms with Gasteiger partial charge < -0.3 is 5.32 Å². The SMILES string of the molecule is Cc1ccc(-n2c(SCC(=O)NC(C)CCc3ccccc3)nc3ccccc3c2=O)c(C)c1. The lowest BCUT2D eigenvalue weighted by molar-refractivity contribution is -0.119. The maximum Gasteiger partial charge on any atom is 0.266 e. The van der Waals surface area contributed by atoms with Gasteiger partial charge in [0.2, 0.25) is 5.91 Å². The number of hydrogen-bond donors (Lipinski definition) is 1. The van der Waals surface area contributed by atoms with Crippen LogP contribution in [0, 0.1) is 13.8 Å². The summed E-state index contributed by atoms with van der Waals surface area (Å²) in [7, 11) is 0. The van der Waals surface area contributed by atoms with Crippen LogP contribution in [0.4, 0.5) is 0 Å². The monoisotopic (exact) mass is 471 g/mol. The van der Waals surface area contributed by atoms with Crippen LogP contribution in [-0.4, -0.2) is 27.3 Å². The molecule has 5 nitrogen and oxygen atoms in total. The van der Waals surface area contributed by atoms with E-state index in [-0.39, 0.29) is 23.3 Å². The minimum Gasteiger partial charge on any atom is -0.353 e. The summed E-state index contributed by atoms with van der Waals surface area (Å²) >= 11 is 1.29. The van der Waals surface area contributed by atoms with E-state index in [1.807, 2.05) is 75.4 Å². The molecule has 0 spiro atoms. The summed E-state index contributed by atoms with van der Waals surface area (Å²) in [5.41, 5.74) is 4.66. The van der Waals surface area contributed by atoms with E-state index in [0.29, 0.717) is 16.1 Å². The Morgan fingerprint density at radius 2 is 1.76 bits per heavy atom. The van der Waals surface area contributed by atoms with Crippen molar-refractivity contribution >= 4 is 28.6 Å². The van der Waals surface area contributed by atoms with E-state index in [1.54, 1.807) is 10.6 Å². The van der Waals surface area contributed by atoms with Gasteiger partial charge in [-0.25, -0.2) is 4.98 Å². The first kappa shape index (κ1) is 23.8. The smallest absolute Gasteiger partial charge is 0.266 e. The molecular weight excluding hydrogens is 442 g/mol. The van der Waals surface area contributed by atoms with Crippen LogP contribution in [-0.2, 0) is 11.2 Å². The Balaban J connectivity index is 1.53. The van der Waals surface area contributed by atoms with Gasteiger partial charge in [0.05, 0.1) is 22.3 Å². The molecule has 1 heterocycles. The lowest BCUT2D eigenvalue weighted by Gasteiger charge is -2.17. The molecule has 6 heteroatoms. The van der Waals surface area contributed by atoms with Gasteiger partial charge in [0, 0.05) is 6.04 Å². The van der Waals surface area contributed by atoms with Crippen molar-refractivity contribution in [2.45, 2.75) is 44.8 Å². The van der Waals surface area contributed by atoms with Crippen molar-refractivity contribution < 1.29 is 4.79 Å². The Hall–Kier alpha value is -3.38. The highest BCUT2D eigenvalue weighted by Gasteiger charge is 2.17. The molecule has 0 saturated carbocycles. The lowest BCUT2D eigenvalue weighted by atomic mass is 10.1. The van der Waals surface area contributed by atoms with Crippen LogP contribution in [0.3, 0.4) is 0 Å². The zero-order valence-corrected chi connectivity index (χ0v) is 20.6. The third-order valence-corrected chi connectivity index (χ3v) is 6.73. The van der Waals surface area contributed by atoms with Gasteiger partial charge >= 0.3 is 0 Å². The van der Waals surface area contributed by atoms with Crippen molar-refractivity contribution in [1.29, 1.82) is 0 Å². The number of aryl methyl sites for hydroxylation is 3. The van der Waals surface area contributed by atoms with Crippen molar-refractivity contribution in [1.82, 2.24) is 14.9 Å². The Kier molecular flexibility index (Phi) is 7.48. The Morgan fingerprint density at radius 3 is 2.53 bits per heavy atom. The first-order chi connectivity index (χ1) is 16.4. The summed E-state index contributed by atoms with van der Waals surface area (Å²) in [5.74, 6) is 0.117. The van der Waals surface area contributed by atoms with E-state index >= 15 is 0 Å². The fraction of sp³-hybridized carbons (Fsp3) is 0.250. The molecule has 1 aromatic heterocycles. The van der Waals surface area contributed by atoms with E-state index in [9.17, 15) is 9.59 Å². The summed E-state index contributed by atoms with van der Waals surface area (Å²) < 4.78 is 1.63. The number of carbonyl (C=O) groups excluding carboxylic acids is 1. The maximum absolute atomic E-state index is 13.4. The average Bonchev–Trinajstić information content (AvgIpc) is 2.83. The molecule has 0 aliphatic heterocycles. The van der Waals surface area contributed by atoms with Crippen LogP contribution in [0.5, 0.6) is 0 Å². The predicted molar refractivity (Wildman–Crippen MR) is 140 cm³/mol. The molecule has 0 bridgehead atoms. The third kappa shape index (κ3) is 5.57. The van der Waals surface area contributed by atoms with Crippen LogP contribution in [0.25, 0.3) is 16.6 Å². The highest BCUT2D eigenvalue weighted by Crippen LogP contribution is 2.23. The Morgan fingerprint density at radius 1 is 1.03 bits per heavy atom. The van der Waals surface area contributed by atoms with Gasteiger partial charge in [0.15, 0.2) is 5.16 Å². The Bertz CT molecular complexity index is 1370. The average molecular weight is 472 g/mol. The molecule has 0 aliphatic rings. The third-order valence-electron chi connectivity index (χ3n) is 5.79. The second kappa shape index (κ2) is 10.7. The van der Waals surface area contributed by atoms with Gasteiger partial charge in [-0.05, 0) is 62.9 Å². The molecule has 1 N–H and O–H groups in total.